The van der Waals surface area contributed by atoms with E-state index in [0.717, 1.165) is 44.5 Å². The summed E-state index contributed by atoms with van der Waals surface area (Å²) in [5.74, 6) is 0.209. The fraction of sp³-hybridized carbons (Fsp3) is 0.421. The van der Waals surface area contributed by atoms with Gasteiger partial charge in [-0.2, -0.15) is 5.10 Å². The summed E-state index contributed by atoms with van der Waals surface area (Å²) < 4.78 is 0. The van der Waals surface area contributed by atoms with Crippen LogP contribution in [0.3, 0.4) is 0 Å². The number of nitrogens with zero attached hydrogens (tertiary/aromatic N) is 2. The topological polar surface area (TPSA) is 78.1 Å². The predicted molar refractivity (Wildman–Crippen MR) is 94.7 cm³/mol. The van der Waals surface area contributed by atoms with E-state index in [-0.39, 0.29) is 11.8 Å². The quantitative estimate of drug-likeness (QED) is 0.899. The standard InChI is InChI=1S/C19H22N4O2/c24-18(17-12-16(21-22-17)13-8-9-13)20-15-7-3-2-6-14(15)19(25)23-10-4-1-5-11-23/h2-3,6-7,12-13H,1,4-5,8-11H2,(H,20,24)(H,21,22). The lowest BCUT2D eigenvalue weighted by molar-refractivity contribution is 0.0725. The molecule has 1 aromatic heterocycles. The Bertz CT molecular complexity index is 788. The molecule has 0 bridgehead atoms. The van der Waals surface area contributed by atoms with E-state index in [4.69, 9.17) is 0 Å². The van der Waals surface area contributed by atoms with E-state index in [9.17, 15) is 9.59 Å². The van der Waals surface area contributed by atoms with E-state index in [1.165, 1.54) is 6.42 Å². The van der Waals surface area contributed by atoms with Crippen molar-refractivity contribution in [3.63, 3.8) is 0 Å². The van der Waals surface area contributed by atoms with Gasteiger partial charge in [-0.3, -0.25) is 14.7 Å². The molecule has 2 N–H and O–H groups in total. The maximum absolute atomic E-state index is 12.8. The van der Waals surface area contributed by atoms with Crippen LogP contribution in [0.2, 0.25) is 0 Å². The highest BCUT2D eigenvalue weighted by atomic mass is 16.2. The summed E-state index contributed by atoms with van der Waals surface area (Å²) in [6, 6.07) is 8.99. The van der Waals surface area contributed by atoms with Gasteiger partial charge < -0.3 is 10.2 Å². The number of piperidine rings is 1. The van der Waals surface area contributed by atoms with Crippen LogP contribution in [0.4, 0.5) is 5.69 Å². The Kier molecular flexibility index (Phi) is 4.26. The van der Waals surface area contributed by atoms with Crippen LogP contribution < -0.4 is 5.32 Å². The maximum Gasteiger partial charge on any atom is 0.276 e. The van der Waals surface area contributed by atoms with Gasteiger partial charge in [-0.1, -0.05) is 12.1 Å². The van der Waals surface area contributed by atoms with Gasteiger partial charge in [0, 0.05) is 24.7 Å². The molecule has 1 aliphatic heterocycles. The van der Waals surface area contributed by atoms with Gasteiger partial charge in [-0.25, -0.2) is 0 Å². The highest BCUT2D eigenvalue weighted by Gasteiger charge is 2.27. The fourth-order valence-corrected chi connectivity index (χ4v) is 3.29. The largest absolute Gasteiger partial charge is 0.339 e. The molecule has 2 aliphatic rings. The van der Waals surface area contributed by atoms with Crippen molar-refractivity contribution in [3.8, 4) is 0 Å². The Labute approximate surface area is 146 Å². The molecule has 2 heterocycles. The van der Waals surface area contributed by atoms with E-state index in [2.05, 4.69) is 15.5 Å². The molecule has 1 saturated heterocycles. The normalized spacial score (nSPS) is 17.4. The van der Waals surface area contributed by atoms with Crippen LogP contribution in [-0.2, 0) is 0 Å². The number of rotatable bonds is 4. The molecule has 6 heteroatoms. The van der Waals surface area contributed by atoms with Gasteiger partial charge in [-0.05, 0) is 50.3 Å². The Morgan fingerprint density at radius 3 is 2.64 bits per heavy atom. The molecule has 130 valence electrons. The Morgan fingerprint density at radius 2 is 1.88 bits per heavy atom. The van der Waals surface area contributed by atoms with Crippen molar-refractivity contribution >= 4 is 17.5 Å². The van der Waals surface area contributed by atoms with Gasteiger partial charge in [0.2, 0.25) is 0 Å². The number of hydrogen-bond acceptors (Lipinski definition) is 3. The molecule has 4 rings (SSSR count). The Hall–Kier alpha value is -2.63. The third-order valence-corrected chi connectivity index (χ3v) is 4.90. The zero-order valence-corrected chi connectivity index (χ0v) is 14.1. The van der Waals surface area contributed by atoms with Crippen molar-refractivity contribution in [2.75, 3.05) is 18.4 Å². The lowest BCUT2D eigenvalue weighted by Crippen LogP contribution is -2.36. The van der Waals surface area contributed by atoms with Gasteiger partial charge in [0.15, 0.2) is 5.69 Å². The molecular formula is C19H22N4O2. The first-order chi connectivity index (χ1) is 12.2. The summed E-state index contributed by atoms with van der Waals surface area (Å²) in [6.45, 7) is 1.57. The number of likely N-dealkylation sites (tertiary alicyclic amines) is 1. The molecule has 1 saturated carbocycles. The molecule has 1 aliphatic carbocycles. The molecule has 6 nitrogen and oxygen atoms in total. The summed E-state index contributed by atoms with van der Waals surface area (Å²) in [5.41, 5.74) is 2.46. The zero-order valence-electron chi connectivity index (χ0n) is 14.1. The third kappa shape index (κ3) is 3.43. The number of para-hydroxylation sites is 1. The molecule has 1 aromatic carbocycles. The zero-order chi connectivity index (χ0) is 17.2. The molecule has 2 aromatic rings. The summed E-state index contributed by atoms with van der Waals surface area (Å²) >= 11 is 0. The average Bonchev–Trinajstić information content (AvgIpc) is 3.39. The summed E-state index contributed by atoms with van der Waals surface area (Å²) in [6.07, 6.45) is 5.55. The summed E-state index contributed by atoms with van der Waals surface area (Å²) in [5, 5.41) is 9.89. The second kappa shape index (κ2) is 6.70. The average molecular weight is 338 g/mol. The number of aromatic amines is 1. The van der Waals surface area contributed by atoms with Crippen molar-refractivity contribution in [1.29, 1.82) is 0 Å². The van der Waals surface area contributed by atoms with E-state index in [0.29, 0.717) is 22.9 Å². The number of carbonyl (C=O) groups excluding carboxylic acids is 2. The van der Waals surface area contributed by atoms with E-state index >= 15 is 0 Å². The maximum atomic E-state index is 12.8. The lowest BCUT2D eigenvalue weighted by Gasteiger charge is -2.27. The van der Waals surface area contributed by atoms with Crippen molar-refractivity contribution < 1.29 is 9.59 Å². The number of H-pyrrole nitrogens is 1. The first-order valence-electron chi connectivity index (χ1n) is 8.97. The third-order valence-electron chi connectivity index (χ3n) is 4.90. The summed E-state index contributed by atoms with van der Waals surface area (Å²) in [7, 11) is 0. The van der Waals surface area contributed by atoms with E-state index < -0.39 is 0 Å². The number of benzene rings is 1. The number of nitrogens with one attached hydrogen (secondary N) is 2. The minimum absolute atomic E-state index is 0.0173. The SMILES string of the molecule is O=C(Nc1ccccc1C(=O)N1CCCCC1)c1cc(C2CC2)[nH]n1. The monoisotopic (exact) mass is 338 g/mol. The number of anilines is 1. The summed E-state index contributed by atoms with van der Waals surface area (Å²) in [4.78, 5) is 27.2. The Morgan fingerprint density at radius 1 is 1.12 bits per heavy atom. The smallest absolute Gasteiger partial charge is 0.276 e. The van der Waals surface area contributed by atoms with Gasteiger partial charge in [0.1, 0.15) is 0 Å². The molecule has 0 atom stereocenters. The van der Waals surface area contributed by atoms with Crippen LogP contribution in [-0.4, -0.2) is 40.0 Å². The number of carbonyl (C=O) groups is 2. The molecule has 0 unspecified atom stereocenters. The predicted octanol–water partition coefficient (Wildman–Crippen LogP) is 3.17. The van der Waals surface area contributed by atoms with Crippen LogP contribution in [0.1, 0.15) is 64.6 Å². The van der Waals surface area contributed by atoms with Crippen LogP contribution in [0.15, 0.2) is 30.3 Å². The van der Waals surface area contributed by atoms with Crippen molar-refractivity contribution in [2.45, 2.75) is 38.0 Å². The molecule has 2 amide bonds. The van der Waals surface area contributed by atoms with Crippen molar-refractivity contribution in [3.05, 3.63) is 47.3 Å². The van der Waals surface area contributed by atoms with Crippen LogP contribution in [0, 0.1) is 0 Å². The molecule has 0 radical (unpaired) electrons. The van der Waals surface area contributed by atoms with Gasteiger partial charge in [0.25, 0.3) is 11.8 Å². The number of aromatic nitrogens is 2. The minimum atomic E-state index is -0.290. The van der Waals surface area contributed by atoms with Gasteiger partial charge in [-0.15, -0.1) is 0 Å². The van der Waals surface area contributed by atoms with Crippen molar-refractivity contribution in [2.24, 2.45) is 0 Å². The molecular weight excluding hydrogens is 316 g/mol. The van der Waals surface area contributed by atoms with E-state index in [1.807, 2.05) is 23.1 Å². The Balaban J connectivity index is 1.51. The highest BCUT2D eigenvalue weighted by molar-refractivity contribution is 6.08. The first-order valence-corrected chi connectivity index (χ1v) is 8.97. The van der Waals surface area contributed by atoms with Crippen LogP contribution in [0.5, 0.6) is 0 Å². The molecule has 2 fully saturated rings. The van der Waals surface area contributed by atoms with Gasteiger partial charge in [0.05, 0.1) is 11.3 Å². The lowest BCUT2D eigenvalue weighted by atomic mass is 10.1. The van der Waals surface area contributed by atoms with Crippen LogP contribution in [0.25, 0.3) is 0 Å². The number of hydrogen-bond donors (Lipinski definition) is 2. The fourth-order valence-electron chi connectivity index (χ4n) is 3.29. The van der Waals surface area contributed by atoms with Crippen molar-refractivity contribution in [1.82, 2.24) is 15.1 Å². The first kappa shape index (κ1) is 15.9. The number of amides is 2. The van der Waals surface area contributed by atoms with Crippen LogP contribution >= 0.6 is 0 Å². The second-order valence-electron chi connectivity index (χ2n) is 6.84. The second-order valence-corrected chi connectivity index (χ2v) is 6.84. The van der Waals surface area contributed by atoms with Gasteiger partial charge >= 0.3 is 0 Å². The van der Waals surface area contributed by atoms with E-state index in [1.54, 1.807) is 12.1 Å². The highest BCUT2D eigenvalue weighted by Crippen LogP contribution is 2.39. The molecule has 0 spiro atoms. The molecule has 25 heavy (non-hydrogen) atoms. The minimum Gasteiger partial charge on any atom is -0.339 e.